The smallest absolute Gasteiger partial charge is 0.307 e. The largest absolute Gasteiger partial charge is 0.481 e. The Balaban J connectivity index is 1.43. The number of hydrogen-bond donors (Lipinski definition) is 1. The van der Waals surface area contributed by atoms with E-state index in [0.717, 1.165) is 17.4 Å². The fourth-order valence-electron chi connectivity index (χ4n) is 5.02. The van der Waals surface area contributed by atoms with Crippen LogP contribution in [0.3, 0.4) is 0 Å². The minimum atomic E-state index is -0.791. The zero-order chi connectivity index (χ0) is 20.4. The Labute approximate surface area is 171 Å². The lowest BCUT2D eigenvalue weighted by Gasteiger charge is -2.19. The molecule has 29 heavy (non-hydrogen) atoms. The van der Waals surface area contributed by atoms with Gasteiger partial charge in [-0.3, -0.25) is 4.79 Å². The molecule has 3 atom stereocenters. The molecule has 1 N–H and O–H groups in total. The van der Waals surface area contributed by atoms with Crippen LogP contribution in [-0.4, -0.2) is 11.1 Å². The lowest BCUT2D eigenvalue weighted by Crippen LogP contribution is -2.04. The molecule has 4 rings (SSSR count). The fraction of sp³-hybridized carbons (Fsp3) is 0.346. The number of fused-ring (bicyclic) bond motifs is 1. The van der Waals surface area contributed by atoms with E-state index in [2.05, 4.69) is 19.1 Å². The SMILES string of the molecule is C[C@@H](C[C@H]1CC[C@@H](c2ccc(CC(=O)O)cc2)C1)c1ccc(F)c2ccccc12. The molecule has 0 radical (unpaired) electrons. The van der Waals surface area contributed by atoms with Crippen molar-refractivity contribution < 1.29 is 14.3 Å². The van der Waals surface area contributed by atoms with Crippen LogP contribution in [0.25, 0.3) is 10.8 Å². The Bertz CT molecular complexity index is 1010. The maximum Gasteiger partial charge on any atom is 0.307 e. The third-order valence-electron chi connectivity index (χ3n) is 6.47. The molecule has 2 nitrogen and oxygen atoms in total. The quantitative estimate of drug-likeness (QED) is 0.509. The molecule has 0 aromatic heterocycles. The molecule has 1 fully saturated rings. The standard InChI is InChI=1S/C26H27FO2/c1-17(22-12-13-25(27)24-5-3-2-4-23(22)24)14-19-8-11-21(15-19)20-9-6-18(7-10-20)16-26(28)29/h2-7,9-10,12-13,17,19,21H,8,11,14-16H2,1H3,(H,28,29)/t17-,19+,21+/m0/s1. The van der Waals surface area contributed by atoms with Crippen molar-refractivity contribution in [3.05, 3.63) is 83.2 Å². The number of benzene rings is 3. The summed E-state index contributed by atoms with van der Waals surface area (Å²) in [6.07, 6.45) is 4.76. The van der Waals surface area contributed by atoms with Crippen molar-refractivity contribution in [3.8, 4) is 0 Å². The molecule has 1 aliphatic rings. The summed E-state index contributed by atoms with van der Waals surface area (Å²) in [5.74, 6) is 0.667. The molecule has 3 aromatic carbocycles. The average Bonchev–Trinajstić information content (AvgIpc) is 3.17. The molecule has 1 aliphatic carbocycles. The van der Waals surface area contributed by atoms with E-state index in [-0.39, 0.29) is 12.2 Å². The van der Waals surface area contributed by atoms with Crippen LogP contribution >= 0.6 is 0 Å². The summed E-state index contributed by atoms with van der Waals surface area (Å²) >= 11 is 0. The van der Waals surface area contributed by atoms with Gasteiger partial charge in [-0.25, -0.2) is 4.39 Å². The van der Waals surface area contributed by atoms with Crippen molar-refractivity contribution in [2.24, 2.45) is 5.92 Å². The first-order valence-corrected chi connectivity index (χ1v) is 10.5. The van der Waals surface area contributed by atoms with Crippen molar-refractivity contribution >= 4 is 16.7 Å². The molecule has 1 saturated carbocycles. The molecule has 150 valence electrons. The summed E-state index contributed by atoms with van der Waals surface area (Å²) in [7, 11) is 0. The fourth-order valence-corrected chi connectivity index (χ4v) is 5.02. The van der Waals surface area contributed by atoms with E-state index in [1.807, 2.05) is 42.5 Å². The van der Waals surface area contributed by atoms with Gasteiger partial charge in [0.05, 0.1) is 6.42 Å². The second kappa shape index (κ2) is 8.36. The van der Waals surface area contributed by atoms with Gasteiger partial charge in [0.1, 0.15) is 5.82 Å². The molecule has 0 heterocycles. The van der Waals surface area contributed by atoms with Gasteiger partial charge in [0, 0.05) is 5.39 Å². The minimum Gasteiger partial charge on any atom is -0.481 e. The Morgan fingerprint density at radius 1 is 1.03 bits per heavy atom. The van der Waals surface area contributed by atoms with Gasteiger partial charge in [0.2, 0.25) is 0 Å². The number of carboxylic acid groups (broad SMARTS) is 1. The Hall–Kier alpha value is -2.68. The Kier molecular flexibility index (Phi) is 5.66. The predicted molar refractivity (Wildman–Crippen MR) is 115 cm³/mol. The first kappa shape index (κ1) is 19.6. The highest BCUT2D eigenvalue weighted by molar-refractivity contribution is 5.86. The van der Waals surface area contributed by atoms with Crippen LogP contribution < -0.4 is 0 Å². The summed E-state index contributed by atoms with van der Waals surface area (Å²) < 4.78 is 14.1. The lowest BCUT2D eigenvalue weighted by atomic mass is 9.86. The number of halogens is 1. The van der Waals surface area contributed by atoms with Crippen LogP contribution in [0, 0.1) is 11.7 Å². The second-order valence-corrected chi connectivity index (χ2v) is 8.51. The molecular weight excluding hydrogens is 363 g/mol. The molecule has 0 amide bonds. The minimum absolute atomic E-state index is 0.0801. The van der Waals surface area contributed by atoms with Crippen molar-refractivity contribution in [2.45, 2.75) is 50.9 Å². The summed E-state index contributed by atoms with van der Waals surface area (Å²) in [4.78, 5) is 10.9. The van der Waals surface area contributed by atoms with Gasteiger partial charge in [-0.05, 0) is 71.6 Å². The van der Waals surface area contributed by atoms with E-state index in [1.54, 1.807) is 6.07 Å². The lowest BCUT2D eigenvalue weighted by molar-refractivity contribution is -0.136. The van der Waals surface area contributed by atoms with Crippen molar-refractivity contribution in [2.75, 3.05) is 0 Å². The van der Waals surface area contributed by atoms with E-state index in [0.29, 0.717) is 23.1 Å². The van der Waals surface area contributed by atoms with Crippen molar-refractivity contribution in [1.82, 2.24) is 0 Å². The first-order valence-electron chi connectivity index (χ1n) is 10.5. The molecule has 0 spiro atoms. The monoisotopic (exact) mass is 390 g/mol. The van der Waals surface area contributed by atoms with E-state index in [1.165, 1.54) is 30.4 Å². The maximum absolute atomic E-state index is 14.1. The molecule has 3 heteroatoms. The summed E-state index contributed by atoms with van der Waals surface area (Å²) in [5, 5.41) is 10.7. The van der Waals surface area contributed by atoms with Gasteiger partial charge in [-0.1, -0.05) is 61.5 Å². The summed E-state index contributed by atoms with van der Waals surface area (Å²) in [6, 6.07) is 19.4. The average molecular weight is 390 g/mol. The first-order chi connectivity index (χ1) is 14.0. The molecule has 3 aromatic rings. The predicted octanol–water partition coefficient (Wildman–Crippen LogP) is 6.68. The normalized spacial score (nSPS) is 20.1. The van der Waals surface area contributed by atoms with Gasteiger partial charge in [-0.15, -0.1) is 0 Å². The zero-order valence-electron chi connectivity index (χ0n) is 16.8. The molecule has 0 unspecified atom stereocenters. The van der Waals surface area contributed by atoms with Gasteiger partial charge in [0.15, 0.2) is 0 Å². The number of rotatable bonds is 6. The highest BCUT2D eigenvalue weighted by atomic mass is 19.1. The van der Waals surface area contributed by atoms with Gasteiger partial charge >= 0.3 is 5.97 Å². The van der Waals surface area contributed by atoms with Crippen LogP contribution in [0.2, 0.25) is 0 Å². The molecule has 0 aliphatic heterocycles. The number of carboxylic acids is 1. The number of carbonyl (C=O) groups is 1. The Morgan fingerprint density at radius 2 is 1.76 bits per heavy atom. The molecular formula is C26H27FO2. The van der Waals surface area contributed by atoms with Crippen LogP contribution in [-0.2, 0) is 11.2 Å². The van der Waals surface area contributed by atoms with Gasteiger partial charge in [0.25, 0.3) is 0 Å². The van der Waals surface area contributed by atoms with Crippen LogP contribution in [0.4, 0.5) is 4.39 Å². The van der Waals surface area contributed by atoms with E-state index in [4.69, 9.17) is 5.11 Å². The zero-order valence-corrected chi connectivity index (χ0v) is 16.8. The number of hydrogen-bond acceptors (Lipinski definition) is 1. The van der Waals surface area contributed by atoms with Crippen LogP contribution in [0.15, 0.2) is 60.7 Å². The van der Waals surface area contributed by atoms with Crippen molar-refractivity contribution in [3.63, 3.8) is 0 Å². The highest BCUT2D eigenvalue weighted by Crippen LogP contribution is 2.43. The third-order valence-corrected chi connectivity index (χ3v) is 6.47. The van der Waals surface area contributed by atoms with Crippen LogP contribution in [0.5, 0.6) is 0 Å². The Morgan fingerprint density at radius 3 is 2.48 bits per heavy atom. The molecule has 0 saturated heterocycles. The topological polar surface area (TPSA) is 37.3 Å². The van der Waals surface area contributed by atoms with Crippen molar-refractivity contribution in [1.29, 1.82) is 0 Å². The van der Waals surface area contributed by atoms with Crippen LogP contribution in [0.1, 0.15) is 61.1 Å². The van der Waals surface area contributed by atoms with Gasteiger partial charge in [-0.2, -0.15) is 0 Å². The summed E-state index contributed by atoms with van der Waals surface area (Å²) in [6.45, 7) is 2.26. The van der Waals surface area contributed by atoms with Gasteiger partial charge < -0.3 is 5.11 Å². The maximum atomic E-state index is 14.1. The highest BCUT2D eigenvalue weighted by Gasteiger charge is 2.27. The third kappa shape index (κ3) is 4.34. The number of aliphatic carboxylic acids is 1. The second-order valence-electron chi connectivity index (χ2n) is 8.51. The van der Waals surface area contributed by atoms with E-state index >= 15 is 0 Å². The summed E-state index contributed by atoms with van der Waals surface area (Å²) in [5.41, 5.74) is 3.41. The van der Waals surface area contributed by atoms with E-state index in [9.17, 15) is 9.18 Å². The molecule has 0 bridgehead atoms. The van der Waals surface area contributed by atoms with E-state index < -0.39 is 5.97 Å².